The van der Waals surface area contributed by atoms with Crippen molar-refractivity contribution in [2.45, 2.75) is 31.3 Å². The fourth-order valence-corrected chi connectivity index (χ4v) is 2.66. The number of aliphatic hydroxyl groups excluding tert-OH is 1. The molecule has 1 aromatic carbocycles. The second-order valence-corrected chi connectivity index (χ2v) is 4.68. The summed E-state index contributed by atoms with van der Waals surface area (Å²) in [5.74, 6) is 0.214. The van der Waals surface area contributed by atoms with Gasteiger partial charge in [0.15, 0.2) is 0 Å². The standard InChI is InChI=1S/C11H12Cl2O/c12-8-4-7(5-9(13)6-8)10-2-1-3-11(10)14/h4-6,10-11,14H,1-3H2/t10-,11+/m1/s1. The normalized spacial score (nSPS) is 26.8. The summed E-state index contributed by atoms with van der Waals surface area (Å²) in [6, 6.07) is 5.51. The second-order valence-electron chi connectivity index (χ2n) is 3.81. The molecule has 3 heteroatoms. The van der Waals surface area contributed by atoms with E-state index in [9.17, 15) is 5.11 Å². The third-order valence-corrected chi connectivity index (χ3v) is 3.23. The Morgan fingerprint density at radius 2 is 1.71 bits per heavy atom. The van der Waals surface area contributed by atoms with Gasteiger partial charge in [-0.05, 0) is 36.6 Å². The third kappa shape index (κ3) is 2.05. The van der Waals surface area contributed by atoms with Crippen LogP contribution in [0.2, 0.25) is 10.0 Å². The number of hydrogen-bond donors (Lipinski definition) is 1. The zero-order valence-corrected chi connectivity index (χ0v) is 9.22. The van der Waals surface area contributed by atoms with Gasteiger partial charge >= 0.3 is 0 Å². The summed E-state index contributed by atoms with van der Waals surface area (Å²) in [7, 11) is 0. The molecule has 1 saturated carbocycles. The van der Waals surface area contributed by atoms with Crippen LogP contribution in [0.25, 0.3) is 0 Å². The molecule has 1 N–H and O–H groups in total. The van der Waals surface area contributed by atoms with E-state index >= 15 is 0 Å². The maximum atomic E-state index is 9.74. The van der Waals surface area contributed by atoms with Crippen LogP contribution in [0, 0.1) is 0 Å². The van der Waals surface area contributed by atoms with Gasteiger partial charge in [-0.3, -0.25) is 0 Å². The Morgan fingerprint density at radius 1 is 1.07 bits per heavy atom. The first kappa shape index (κ1) is 10.3. The molecule has 1 aromatic rings. The van der Waals surface area contributed by atoms with Crippen LogP contribution in [0.15, 0.2) is 18.2 Å². The van der Waals surface area contributed by atoms with Crippen LogP contribution in [-0.2, 0) is 0 Å². The summed E-state index contributed by atoms with van der Waals surface area (Å²) in [6.07, 6.45) is 2.76. The average molecular weight is 231 g/mol. The van der Waals surface area contributed by atoms with Gasteiger partial charge in [0.1, 0.15) is 0 Å². The maximum absolute atomic E-state index is 9.74. The van der Waals surface area contributed by atoms with E-state index in [4.69, 9.17) is 23.2 Å². The van der Waals surface area contributed by atoms with Gasteiger partial charge in [-0.1, -0.05) is 29.6 Å². The molecule has 76 valence electrons. The van der Waals surface area contributed by atoms with Crippen molar-refractivity contribution in [2.24, 2.45) is 0 Å². The SMILES string of the molecule is O[C@H]1CCC[C@@H]1c1cc(Cl)cc(Cl)c1. The van der Waals surface area contributed by atoms with E-state index < -0.39 is 0 Å². The van der Waals surface area contributed by atoms with Crippen LogP contribution >= 0.6 is 23.2 Å². The van der Waals surface area contributed by atoms with Crippen molar-refractivity contribution >= 4 is 23.2 Å². The Morgan fingerprint density at radius 3 is 2.21 bits per heavy atom. The van der Waals surface area contributed by atoms with E-state index in [0.717, 1.165) is 24.8 Å². The minimum absolute atomic E-state index is 0.214. The zero-order valence-electron chi connectivity index (χ0n) is 7.71. The molecule has 1 aliphatic carbocycles. The first-order valence-electron chi connectivity index (χ1n) is 4.81. The molecule has 1 aliphatic rings. The van der Waals surface area contributed by atoms with E-state index in [1.165, 1.54) is 0 Å². The van der Waals surface area contributed by atoms with Crippen LogP contribution in [0.5, 0.6) is 0 Å². The Bertz CT molecular complexity index is 318. The minimum Gasteiger partial charge on any atom is -0.392 e. The molecular weight excluding hydrogens is 219 g/mol. The molecule has 0 aromatic heterocycles. The highest BCUT2D eigenvalue weighted by atomic mass is 35.5. The summed E-state index contributed by atoms with van der Waals surface area (Å²) in [5.41, 5.74) is 1.06. The largest absolute Gasteiger partial charge is 0.392 e. The van der Waals surface area contributed by atoms with Crippen molar-refractivity contribution in [3.8, 4) is 0 Å². The third-order valence-electron chi connectivity index (χ3n) is 2.79. The quantitative estimate of drug-likeness (QED) is 0.782. The van der Waals surface area contributed by atoms with Gasteiger partial charge in [0.05, 0.1) is 6.10 Å². The highest BCUT2D eigenvalue weighted by Gasteiger charge is 2.26. The van der Waals surface area contributed by atoms with Gasteiger partial charge in [0, 0.05) is 16.0 Å². The maximum Gasteiger partial charge on any atom is 0.0608 e. The molecule has 14 heavy (non-hydrogen) atoms. The van der Waals surface area contributed by atoms with E-state index in [2.05, 4.69) is 0 Å². The lowest BCUT2D eigenvalue weighted by atomic mass is 9.96. The average Bonchev–Trinajstić information content (AvgIpc) is 2.49. The molecule has 0 spiro atoms. The summed E-state index contributed by atoms with van der Waals surface area (Å²) < 4.78 is 0. The fourth-order valence-electron chi connectivity index (χ4n) is 2.12. The van der Waals surface area contributed by atoms with Crippen LogP contribution in [0.1, 0.15) is 30.7 Å². The minimum atomic E-state index is -0.232. The first-order chi connectivity index (χ1) is 6.66. The molecule has 0 saturated heterocycles. The summed E-state index contributed by atoms with van der Waals surface area (Å²) in [5, 5.41) is 11.0. The second kappa shape index (κ2) is 4.09. The van der Waals surface area contributed by atoms with Crippen molar-refractivity contribution in [2.75, 3.05) is 0 Å². The smallest absolute Gasteiger partial charge is 0.0608 e. The Hall–Kier alpha value is -0.240. The van der Waals surface area contributed by atoms with Gasteiger partial charge < -0.3 is 5.11 Å². The number of benzene rings is 1. The van der Waals surface area contributed by atoms with Crippen LogP contribution in [0.4, 0.5) is 0 Å². The monoisotopic (exact) mass is 230 g/mol. The van der Waals surface area contributed by atoms with Crippen molar-refractivity contribution in [1.82, 2.24) is 0 Å². The lowest BCUT2D eigenvalue weighted by Crippen LogP contribution is -2.10. The molecule has 1 nitrogen and oxygen atoms in total. The topological polar surface area (TPSA) is 20.2 Å². The van der Waals surface area contributed by atoms with E-state index in [1.54, 1.807) is 6.07 Å². The number of halogens is 2. The lowest BCUT2D eigenvalue weighted by molar-refractivity contribution is 0.164. The summed E-state index contributed by atoms with van der Waals surface area (Å²) in [6.45, 7) is 0. The fraction of sp³-hybridized carbons (Fsp3) is 0.455. The highest BCUT2D eigenvalue weighted by Crippen LogP contribution is 2.36. The van der Waals surface area contributed by atoms with Crippen molar-refractivity contribution in [3.63, 3.8) is 0 Å². The zero-order chi connectivity index (χ0) is 10.1. The highest BCUT2D eigenvalue weighted by molar-refractivity contribution is 6.34. The molecule has 0 unspecified atom stereocenters. The molecule has 0 aliphatic heterocycles. The number of aliphatic hydroxyl groups is 1. The predicted molar refractivity (Wildman–Crippen MR) is 59.1 cm³/mol. The van der Waals surface area contributed by atoms with Gasteiger partial charge in [-0.25, -0.2) is 0 Å². The number of rotatable bonds is 1. The Labute approximate surface area is 93.7 Å². The van der Waals surface area contributed by atoms with Gasteiger partial charge in [-0.15, -0.1) is 0 Å². The van der Waals surface area contributed by atoms with E-state index in [-0.39, 0.29) is 12.0 Å². The van der Waals surface area contributed by atoms with Crippen molar-refractivity contribution in [1.29, 1.82) is 0 Å². The van der Waals surface area contributed by atoms with Gasteiger partial charge in [0.25, 0.3) is 0 Å². The van der Waals surface area contributed by atoms with E-state index in [1.807, 2.05) is 12.1 Å². The van der Waals surface area contributed by atoms with Crippen molar-refractivity contribution in [3.05, 3.63) is 33.8 Å². The molecule has 0 radical (unpaired) electrons. The van der Waals surface area contributed by atoms with Crippen LogP contribution in [-0.4, -0.2) is 11.2 Å². The van der Waals surface area contributed by atoms with E-state index in [0.29, 0.717) is 10.0 Å². The molecular formula is C11H12Cl2O. The molecule has 0 bridgehead atoms. The Balaban J connectivity index is 2.31. The number of hydrogen-bond acceptors (Lipinski definition) is 1. The predicted octanol–water partition coefficient (Wildman–Crippen LogP) is 3.62. The van der Waals surface area contributed by atoms with Crippen LogP contribution in [0.3, 0.4) is 0 Å². The molecule has 1 fully saturated rings. The first-order valence-corrected chi connectivity index (χ1v) is 5.56. The molecule has 0 heterocycles. The Kier molecular flexibility index (Phi) is 3.01. The summed E-state index contributed by atoms with van der Waals surface area (Å²) in [4.78, 5) is 0. The molecule has 2 atom stereocenters. The van der Waals surface area contributed by atoms with Crippen LogP contribution < -0.4 is 0 Å². The lowest BCUT2D eigenvalue weighted by Gasteiger charge is -2.15. The summed E-state index contributed by atoms with van der Waals surface area (Å²) >= 11 is 11.8. The molecule has 0 amide bonds. The van der Waals surface area contributed by atoms with Gasteiger partial charge in [-0.2, -0.15) is 0 Å². The molecule has 2 rings (SSSR count). The van der Waals surface area contributed by atoms with Gasteiger partial charge in [0.2, 0.25) is 0 Å². The van der Waals surface area contributed by atoms with Crippen molar-refractivity contribution < 1.29 is 5.11 Å².